The van der Waals surface area contributed by atoms with Gasteiger partial charge in [-0.05, 0) is 13.3 Å². The normalized spacial score (nSPS) is 10.8. The second-order valence-corrected chi connectivity index (χ2v) is 3.27. The summed E-state index contributed by atoms with van der Waals surface area (Å²) in [5.74, 6) is 0. The molecule has 0 atom stereocenters. The molecule has 0 saturated carbocycles. The first-order chi connectivity index (χ1) is 6.20. The van der Waals surface area contributed by atoms with Crippen LogP contribution in [0.1, 0.15) is 13.3 Å². The molecule has 0 spiro atoms. The fourth-order valence-corrected chi connectivity index (χ4v) is 1.05. The van der Waals surface area contributed by atoms with Crippen molar-refractivity contribution in [2.24, 2.45) is 0 Å². The molecule has 0 heterocycles. The minimum Gasteiger partial charge on any atom is -0.395 e. The van der Waals surface area contributed by atoms with E-state index in [-0.39, 0.29) is 6.61 Å². The van der Waals surface area contributed by atoms with Crippen LogP contribution < -0.4 is 0 Å². The van der Waals surface area contributed by atoms with Gasteiger partial charge in [-0.1, -0.05) is 5.57 Å². The summed E-state index contributed by atoms with van der Waals surface area (Å²) < 4.78 is 4.98. The molecule has 0 fully saturated rings. The summed E-state index contributed by atoms with van der Waals surface area (Å²) in [5, 5.41) is 8.80. The van der Waals surface area contributed by atoms with Gasteiger partial charge in [0, 0.05) is 26.7 Å². The summed E-state index contributed by atoms with van der Waals surface area (Å²) in [6.45, 7) is 9.35. The second-order valence-electron chi connectivity index (χ2n) is 3.27. The SMILES string of the molecule is C=C(C)CCN(CCO)CCOC. The molecule has 1 N–H and O–H groups in total. The molecule has 0 aromatic rings. The fraction of sp³-hybridized carbons (Fsp3) is 0.800. The molecule has 78 valence electrons. The molecule has 0 amide bonds. The average molecular weight is 187 g/mol. The molecular weight excluding hydrogens is 166 g/mol. The fourth-order valence-electron chi connectivity index (χ4n) is 1.05. The van der Waals surface area contributed by atoms with Crippen LogP contribution in [0.25, 0.3) is 0 Å². The third-order valence-corrected chi connectivity index (χ3v) is 1.88. The van der Waals surface area contributed by atoms with E-state index in [0.717, 1.165) is 32.7 Å². The molecule has 0 aliphatic heterocycles. The van der Waals surface area contributed by atoms with Gasteiger partial charge >= 0.3 is 0 Å². The number of rotatable bonds is 8. The van der Waals surface area contributed by atoms with E-state index < -0.39 is 0 Å². The zero-order valence-electron chi connectivity index (χ0n) is 8.75. The predicted molar refractivity (Wildman–Crippen MR) is 54.8 cm³/mol. The Labute approximate surface area is 81.0 Å². The monoisotopic (exact) mass is 187 g/mol. The van der Waals surface area contributed by atoms with Crippen LogP contribution in [0, 0.1) is 0 Å². The Morgan fingerprint density at radius 2 is 2.08 bits per heavy atom. The summed E-state index contributed by atoms with van der Waals surface area (Å²) in [4.78, 5) is 2.18. The lowest BCUT2D eigenvalue weighted by Crippen LogP contribution is -2.31. The van der Waals surface area contributed by atoms with Crippen molar-refractivity contribution in [1.29, 1.82) is 0 Å². The number of ether oxygens (including phenoxy) is 1. The summed E-state index contributed by atoms with van der Waals surface area (Å²) in [6, 6.07) is 0. The molecule has 3 heteroatoms. The van der Waals surface area contributed by atoms with Crippen LogP contribution in [0.2, 0.25) is 0 Å². The number of aliphatic hydroxyl groups is 1. The highest BCUT2D eigenvalue weighted by Gasteiger charge is 2.02. The third-order valence-electron chi connectivity index (χ3n) is 1.88. The van der Waals surface area contributed by atoms with Gasteiger partial charge in [-0.3, -0.25) is 4.90 Å². The lowest BCUT2D eigenvalue weighted by atomic mass is 10.2. The van der Waals surface area contributed by atoms with Gasteiger partial charge in [-0.25, -0.2) is 0 Å². The van der Waals surface area contributed by atoms with Crippen molar-refractivity contribution in [3.63, 3.8) is 0 Å². The van der Waals surface area contributed by atoms with Crippen LogP contribution in [0.15, 0.2) is 12.2 Å². The zero-order valence-corrected chi connectivity index (χ0v) is 8.75. The van der Waals surface area contributed by atoms with Crippen LogP contribution in [0.5, 0.6) is 0 Å². The minimum absolute atomic E-state index is 0.208. The van der Waals surface area contributed by atoms with Gasteiger partial charge in [0.05, 0.1) is 13.2 Å². The molecule has 0 bridgehead atoms. The van der Waals surface area contributed by atoms with Crippen molar-refractivity contribution in [1.82, 2.24) is 4.90 Å². The van der Waals surface area contributed by atoms with E-state index in [1.165, 1.54) is 5.57 Å². The van der Waals surface area contributed by atoms with Gasteiger partial charge in [-0.2, -0.15) is 0 Å². The highest BCUT2D eigenvalue weighted by Crippen LogP contribution is 1.98. The Bertz CT molecular complexity index is 137. The quantitative estimate of drug-likeness (QED) is 0.573. The molecule has 0 aliphatic carbocycles. The van der Waals surface area contributed by atoms with Gasteiger partial charge in [0.2, 0.25) is 0 Å². The van der Waals surface area contributed by atoms with Gasteiger partial charge in [0.25, 0.3) is 0 Å². The summed E-state index contributed by atoms with van der Waals surface area (Å²) in [6.07, 6.45) is 0.990. The Morgan fingerprint density at radius 1 is 1.38 bits per heavy atom. The van der Waals surface area contributed by atoms with Gasteiger partial charge in [0.1, 0.15) is 0 Å². The molecule has 3 nitrogen and oxygen atoms in total. The van der Waals surface area contributed by atoms with E-state index in [9.17, 15) is 0 Å². The van der Waals surface area contributed by atoms with E-state index >= 15 is 0 Å². The van der Waals surface area contributed by atoms with E-state index in [1.807, 2.05) is 6.92 Å². The van der Waals surface area contributed by atoms with E-state index in [1.54, 1.807) is 7.11 Å². The second kappa shape index (κ2) is 8.23. The molecular formula is C10H21NO2. The standard InChI is InChI=1S/C10H21NO2/c1-10(2)4-5-11(6-8-12)7-9-13-3/h12H,1,4-9H2,2-3H3. The highest BCUT2D eigenvalue weighted by atomic mass is 16.5. The number of nitrogens with zero attached hydrogens (tertiary/aromatic N) is 1. The molecule has 0 radical (unpaired) electrons. The van der Waals surface area contributed by atoms with Gasteiger partial charge in [0.15, 0.2) is 0 Å². The smallest absolute Gasteiger partial charge is 0.0589 e. The van der Waals surface area contributed by atoms with E-state index in [4.69, 9.17) is 9.84 Å². The lowest BCUT2D eigenvalue weighted by Gasteiger charge is -2.20. The minimum atomic E-state index is 0.208. The lowest BCUT2D eigenvalue weighted by molar-refractivity contribution is 0.131. The number of methoxy groups -OCH3 is 1. The maximum Gasteiger partial charge on any atom is 0.0589 e. The van der Waals surface area contributed by atoms with Crippen molar-refractivity contribution >= 4 is 0 Å². The molecule has 0 rings (SSSR count). The summed E-state index contributed by atoms with van der Waals surface area (Å²) >= 11 is 0. The van der Waals surface area contributed by atoms with E-state index in [2.05, 4.69) is 11.5 Å². The van der Waals surface area contributed by atoms with Crippen LogP contribution >= 0.6 is 0 Å². The maximum atomic E-state index is 8.80. The summed E-state index contributed by atoms with van der Waals surface area (Å²) in [7, 11) is 1.69. The topological polar surface area (TPSA) is 32.7 Å². The largest absolute Gasteiger partial charge is 0.395 e. The maximum absolute atomic E-state index is 8.80. The Hall–Kier alpha value is -0.380. The predicted octanol–water partition coefficient (Wildman–Crippen LogP) is 0.893. The van der Waals surface area contributed by atoms with Crippen molar-refractivity contribution in [3.05, 3.63) is 12.2 Å². The highest BCUT2D eigenvalue weighted by molar-refractivity contribution is 4.88. The Balaban J connectivity index is 3.59. The molecule has 0 saturated heterocycles. The van der Waals surface area contributed by atoms with Crippen LogP contribution in [0.4, 0.5) is 0 Å². The Morgan fingerprint density at radius 3 is 2.54 bits per heavy atom. The van der Waals surface area contributed by atoms with Crippen LogP contribution in [-0.2, 0) is 4.74 Å². The van der Waals surface area contributed by atoms with Gasteiger partial charge in [-0.15, -0.1) is 6.58 Å². The van der Waals surface area contributed by atoms with Crippen molar-refractivity contribution in [2.45, 2.75) is 13.3 Å². The summed E-state index contributed by atoms with van der Waals surface area (Å²) in [5.41, 5.74) is 1.18. The van der Waals surface area contributed by atoms with Crippen molar-refractivity contribution < 1.29 is 9.84 Å². The molecule has 0 aliphatic rings. The van der Waals surface area contributed by atoms with Crippen molar-refractivity contribution in [3.8, 4) is 0 Å². The first-order valence-corrected chi connectivity index (χ1v) is 4.67. The van der Waals surface area contributed by atoms with Crippen molar-refractivity contribution in [2.75, 3.05) is 40.0 Å². The average Bonchev–Trinajstić information content (AvgIpc) is 2.09. The number of aliphatic hydroxyl groups excluding tert-OH is 1. The number of hydrogen-bond acceptors (Lipinski definition) is 3. The first-order valence-electron chi connectivity index (χ1n) is 4.67. The van der Waals surface area contributed by atoms with Gasteiger partial charge < -0.3 is 9.84 Å². The van der Waals surface area contributed by atoms with Crippen LogP contribution in [0.3, 0.4) is 0 Å². The van der Waals surface area contributed by atoms with Crippen LogP contribution in [-0.4, -0.2) is 50.0 Å². The molecule has 13 heavy (non-hydrogen) atoms. The molecule has 0 unspecified atom stereocenters. The molecule has 0 aromatic heterocycles. The Kier molecular flexibility index (Phi) is 7.99. The molecule has 0 aromatic carbocycles. The van der Waals surface area contributed by atoms with E-state index in [0.29, 0.717) is 0 Å². The third kappa shape index (κ3) is 7.96. The zero-order chi connectivity index (χ0) is 10.1. The number of hydrogen-bond donors (Lipinski definition) is 1. The first kappa shape index (κ1) is 12.6.